The second-order valence-electron chi connectivity index (χ2n) is 6.81. The van der Waals surface area contributed by atoms with Crippen molar-refractivity contribution in [2.24, 2.45) is 13.0 Å². The molecule has 3 aromatic rings. The summed E-state index contributed by atoms with van der Waals surface area (Å²) in [5.41, 5.74) is 3.08. The first-order valence-electron chi connectivity index (χ1n) is 8.80. The van der Waals surface area contributed by atoms with Crippen LogP contribution in [0.4, 0.5) is 0 Å². The fourth-order valence-corrected chi connectivity index (χ4v) is 3.50. The van der Waals surface area contributed by atoms with Crippen LogP contribution in [0.2, 0.25) is 0 Å². The minimum atomic E-state index is 0.181. The molecule has 4 rings (SSSR count). The number of aromatic nitrogens is 3. The normalized spacial score (nSPS) is 15.6. The Morgan fingerprint density at radius 2 is 2.00 bits per heavy atom. The van der Waals surface area contributed by atoms with Crippen LogP contribution in [0.15, 0.2) is 42.9 Å². The van der Waals surface area contributed by atoms with Crippen LogP contribution in [-0.2, 0) is 18.3 Å². The third kappa shape index (κ3) is 3.46. The lowest BCUT2D eigenvalue weighted by Gasteiger charge is -2.21. The van der Waals surface area contributed by atoms with E-state index >= 15 is 0 Å². The van der Waals surface area contributed by atoms with E-state index in [-0.39, 0.29) is 5.92 Å². The predicted molar refractivity (Wildman–Crippen MR) is 98.2 cm³/mol. The Balaban J connectivity index is 1.59. The Bertz CT molecular complexity index is 909. The number of piperidine rings is 1. The van der Waals surface area contributed by atoms with Crippen molar-refractivity contribution in [3.05, 3.63) is 48.5 Å². The minimum absolute atomic E-state index is 0.181. The number of fused-ring (bicyclic) bond motifs is 1. The van der Waals surface area contributed by atoms with Gasteiger partial charge in [0.2, 0.25) is 0 Å². The van der Waals surface area contributed by atoms with Crippen LogP contribution in [0.25, 0.3) is 21.9 Å². The fraction of sp³-hybridized carbons (Fsp3) is 0.350. The number of hydrogen-bond donors (Lipinski definition) is 1. The molecule has 1 aliphatic heterocycles. The quantitative estimate of drug-likeness (QED) is 0.797. The number of aryl methyl sites for hydroxylation is 1. The number of benzene rings is 1. The number of carbonyl (C=O) groups is 1. The summed E-state index contributed by atoms with van der Waals surface area (Å²) in [6.45, 7) is 1.88. The van der Waals surface area contributed by atoms with Crippen molar-refractivity contribution < 1.29 is 4.79 Å². The van der Waals surface area contributed by atoms with E-state index in [4.69, 9.17) is 0 Å². The number of nitrogens with one attached hydrogen (secondary N) is 1. The molecule has 3 heterocycles. The average molecular weight is 334 g/mol. The molecule has 25 heavy (non-hydrogen) atoms. The molecule has 1 aromatic carbocycles. The third-order valence-corrected chi connectivity index (χ3v) is 4.97. The molecule has 0 saturated carbocycles. The summed E-state index contributed by atoms with van der Waals surface area (Å²) < 4.78 is 1.80. The summed E-state index contributed by atoms with van der Waals surface area (Å²) in [5, 5.41) is 9.75. The van der Waals surface area contributed by atoms with Crippen molar-refractivity contribution in [3.63, 3.8) is 0 Å². The molecule has 0 bridgehead atoms. The van der Waals surface area contributed by atoms with Gasteiger partial charge in [0, 0.05) is 48.4 Å². The second kappa shape index (κ2) is 6.76. The van der Waals surface area contributed by atoms with Gasteiger partial charge in [-0.2, -0.15) is 5.10 Å². The van der Waals surface area contributed by atoms with Crippen LogP contribution >= 0.6 is 0 Å². The van der Waals surface area contributed by atoms with E-state index in [1.165, 1.54) is 0 Å². The number of Topliss-reactive ketones (excluding diaryl/α,β-unsaturated/α-hetero) is 1. The number of rotatable bonds is 4. The molecule has 0 unspecified atom stereocenters. The molecular formula is C20H22N4O. The highest BCUT2D eigenvalue weighted by atomic mass is 16.1. The van der Waals surface area contributed by atoms with Crippen molar-refractivity contribution in [2.75, 3.05) is 13.1 Å². The molecule has 1 fully saturated rings. The van der Waals surface area contributed by atoms with Gasteiger partial charge in [-0.15, -0.1) is 0 Å². The molecule has 1 N–H and O–H groups in total. The monoisotopic (exact) mass is 334 g/mol. The van der Waals surface area contributed by atoms with Crippen molar-refractivity contribution >= 4 is 16.6 Å². The molecule has 0 spiro atoms. The number of hydrogen-bond acceptors (Lipinski definition) is 4. The third-order valence-electron chi connectivity index (χ3n) is 4.97. The second-order valence-corrected chi connectivity index (χ2v) is 6.81. The van der Waals surface area contributed by atoms with Gasteiger partial charge in [0.25, 0.3) is 0 Å². The smallest absolute Gasteiger partial charge is 0.142 e. The van der Waals surface area contributed by atoms with Crippen molar-refractivity contribution in [1.82, 2.24) is 20.1 Å². The summed E-state index contributed by atoms with van der Waals surface area (Å²) in [6, 6.07) is 8.35. The van der Waals surface area contributed by atoms with Gasteiger partial charge in [0.05, 0.1) is 6.20 Å². The van der Waals surface area contributed by atoms with E-state index in [9.17, 15) is 4.79 Å². The zero-order valence-corrected chi connectivity index (χ0v) is 14.4. The van der Waals surface area contributed by atoms with Gasteiger partial charge in [-0.3, -0.25) is 14.5 Å². The first-order chi connectivity index (χ1) is 12.2. The van der Waals surface area contributed by atoms with E-state index in [1.54, 1.807) is 4.68 Å². The van der Waals surface area contributed by atoms with Crippen LogP contribution in [0.1, 0.15) is 18.5 Å². The summed E-state index contributed by atoms with van der Waals surface area (Å²) in [7, 11) is 1.92. The van der Waals surface area contributed by atoms with E-state index in [0.717, 1.165) is 53.5 Å². The molecule has 0 aliphatic carbocycles. The maximum atomic E-state index is 12.5. The van der Waals surface area contributed by atoms with Crippen LogP contribution in [0.5, 0.6) is 0 Å². The van der Waals surface area contributed by atoms with Crippen LogP contribution < -0.4 is 5.32 Å². The molecule has 1 saturated heterocycles. The minimum Gasteiger partial charge on any atom is -0.317 e. The highest BCUT2D eigenvalue weighted by Crippen LogP contribution is 2.24. The maximum absolute atomic E-state index is 12.5. The Kier molecular flexibility index (Phi) is 4.32. The highest BCUT2D eigenvalue weighted by Gasteiger charge is 2.21. The van der Waals surface area contributed by atoms with E-state index < -0.39 is 0 Å². The molecular weight excluding hydrogens is 312 g/mol. The van der Waals surface area contributed by atoms with Crippen molar-refractivity contribution in [3.8, 4) is 11.1 Å². The predicted octanol–water partition coefficient (Wildman–Crippen LogP) is 2.75. The number of carbonyl (C=O) groups excluding carboxylic acids is 1. The Morgan fingerprint density at radius 1 is 1.16 bits per heavy atom. The van der Waals surface area contributed by atoms with Gasteiger partial charge in [0.15, 0.2) is 0 Å². The van der Waals surface area contributed by atoms with E-state index in [2.05, 4.69) is 33.6 Å². The lowest BCUT2D eigenvalue weighted by atomic mass is 9.91. The van der Waals surface area contributed by atoms with Gasteiger partial charge in [-0.25, -0.2) is 0 Å². The molecule has 128 valence electrons. The highest BCUT2D eigenvalue weighted by molar-refractivity contribution is 5.88. The topological polar surface area (TPSA) is 59.8 Å². The van der Waals surface area contributed by atoms with Gasteiger partial charge in [-0.1, -0.05) is 12.1 Å². The summed E-state index contributed by atoms with van der Waals surface area (Å²) in [6.07, 6.45) is 8.05. The molecule has 5 heteroatoms. The van der Waals surface area contributed by atoms with Crippen LogP contribution in [-0.4, -0.2) is 33.6 Å². The Labute approximate surface area is 147 Å². The number of nitrogens with zero attached hydrogens (tertiary/aromatic N) is 3. The first-order valence-corrected chi connectivity index (χ1v) is 8.80. The average Bonchev–Trinajstić information content (AvgIpc) is 3.08. The lowest BCUT2D eigenvalue weighted by Crippen LogP contribution is -2.32. The molecule has 0 amide bonds. The zero-order chi connectivity index (χ0) is 17.2. The van der Waals surface area contributed by atoms with Crippen molar-refractivity contribution in [1.29, 1.82) is 0 Å². The van der Waals surface area contributed by atoms with Crippen LogP contribution in [0, 0.1) is 5.92 Å². The molecule has 0 radical (unpaired) electrons. The SMILES string of the molecule is Cn1cc(-c2ccc3cnc(CC(=O)C4CCNCC4)cc3c2)cn1. The Morgan fingerprint density at radius 3 is 2.76 bits per heavy atom. The number of ketones is 1. The molecule has 1 aliphatic rings. The van der Waals surface area contributed by atoms with E-state index in [0.29, 0.717) is 12.2 Å². The van der Waals surface area contributed by atoms with Gasteiger partial charge < -0.3 is 5.32 Å². The lowest BCUT2D eigenvalue weighted by molar-refractivity contribution is -0.123. The maximum Gasteiger partial charge on any atom is 0.142 e. The zero-order valence-electron chi connectivity index (χ0n) is 14.4. The first kappa shape index (κ1) is 16.0. The summed E-state index contributed by atoms with van der Waals surface area (Å²) in [5.74, 6) is 0.497. The molecule has 2 aromatic heterocycles. The largest absolute Gasteiger partial charge is 0.317 e. The standard InChI is InChI=1S/C20H22N4O/c1-24-13-18(12-23-24)15-2-3-16-11-22-19(9-17(16)8-15)10-20(25)14-4-6-21-7-5-14/h2-3,8-9,11-14,21H,4-7,10H2,1H3. The molecule has 0 atom stereocenters. The van der Waals surface area contributed by atoms with Crippen molar-refractivity contribution in [2.45, 2.75) is 19.3 Å². The Hall–Kier alpha value is -2.53. The van der Waals surface area contributed by atoms with Gasteiger partial charge in [0.1, 0.15) is 5.78 Å². The van der Waals surface area contributed by atoms with Crippen LogP contribution in [0.3, 0.4) is 0 Å². The fourth-order valence-electron chi connectivity index (χ4n) is 3.50. The number of pyridine rings is 1. The summed E-state index contributed by atoms with van der Waals surface area (Å²) >= 11 is 0. The van der Waals surface area contributed by atoms with Gasteiger partial charge >= 0.3 is 0 Å². The summed E-state index contributed by atoms with van der Waals surface area (Å²) in [4.78, 5) is 17.0. The molecule has 5 nitrogen and oxygen atoms in total. The van der Waals surface area contributed by atoms with Gasteiger partial charge in [-0.05, 0) is 49.0 Å². The van der Waals surface area contributed by atoms with E-state index in [1.807, 2.05) is 31.7 Å².